The molecule has 0 radical (unpaired) electrons. The number of carbonyl (C=O) groups excluding carboxylic acids is 3. The van der Waals surface area contributed by atoms with E-state index >= 15 is 0 Å². The van der Waals surface area contributed by atoms with Gasteiger partial charge in [-0.25, -0.2) is 19.8 Å². The third-order valence-electron chi connectivity index (χ3n) is 5.71. The Morgan fingerprint density at radius 3 is 2.53 bits per heavy atom. The van der Waals surface area contributed by atoms with E-state index in [4.69, 9.17) is 0 Å². The first-order valence-corrected chi connectivity index (χ1v) is 11.6. The van der Waals surface area contributed by atoms with Crippen molar-refractivity contribution in [3.05, 3.63) is 83.9 Å². The summed E-state index contributed by atoms with van der Waals surface area (Å²) in [7, 11) is 0. The smallest absolute Gasteiger partial charge is 0.308 e. The quantitative estimate of drug-likeness (QED) is 0.572. The Balaban J connectivity index is 1.75. The van der Waals surface area contributed by atoms with Crippen molar-refractivity contribution in [2.24, 2.45) is 10.4 Å². The van der Waals surface area contributed by atoms with E-state index in [-0.39, 0.29) is 12.3 Å². The van der Waals surface area contributed by atoms with Crippen LogP contribution in [0.2, 0.25) is 0 Å². The minimum Gasteiger partial charge on any atom is -0.308 e. The zero-order valence-electron chi connectivity index (χ0n) is 20.6. The lowest BCUT2D eigenvalue weighted by Crippen LogP contribution is -2.50. The largest absolute Gasteiger partial charge is 0.321 e. The highest BCUT2D eigenvalue weighted by Gasteiger charge is 2.36. The summed E-state index contributed by atoms with van der Waals surface area (Å²) in [5, 5.41) is 5.41. The van der Waals surface area contributed by atoms with Gasteiger partial charge in [-0.15, -0.1) is 0 Å². The van der Waals surface area contributed by atoms with Gasteiger partial charge in [-0.3, -0.25) is 9.59 Å². The van der Waals surface area contributed by atoms with E-state index in [1.54, 1.807) is 51.2 Å². The van der Waals surface area contributed by atoms with Crippen molar-refractivity contribution < 1.29 is 14.4 Å². The number of amides is 3. The lowest BCUT2D eigenvalue weighted by molar-refractivity contribution is -0.127. The molecule has 0 saturated heterocycles. The number of nitrogens with one attached hydrogen (secondary N) is 2. The van der Waals surface area contributed by atoms with E-state index in [9.17, 15) is 14.4 Å². The summed E-state index contributed by atoms with van der Waals surface area (Å²) < 4.78 is 0. The molecule has 2 N–H and O–H groups in total. The van der Waals surface area contributed by atoms with Crippen molar-refractivity contribution in [1.82, 2.24) is 15.3 Å². The molecular weight excluding hydrogens is 456 g/mol. The molecule has 1 atom stereocenters. The monoisotopic (exact) mass is 484 g/mol. The van der Waals surface area contributed by atoms with Crippen LogP contribution in [0.3, 0.4) is 0 Å². The van der Waals surface area contributed by atoms with Gasteiger partial charge in [0.25, 0.3) is 5.91 Å². The van der Waals surface area contributed by atoms with E-state index in [1.165, 1.54) is 11.2 Å². The van der Waals surface area contributed by atoms with Crippen molar-refractivity contribution in [2.45, 2.75) is 33.9 Å². The molecule has 184 valence electrons. The van der Waals surface area contributed by atoms with Gasteiger partial charge < -0.3 is 15.5 Å². The number of benzene rings is 2. The molecule has 1 aliphatic heterocycles. The van der Waals surface area contributed by atoms with Gasteiger partial charge in [0.05, 0.1) is 23.6 Å². The summed E-state index contributed by atoms with van der Waals surface area (Å²) in [6.07, 6.45) is 1.68. The van der Waals surface area contributed by atoms with Gasteiger partial charge in [-0.1, -0.05) is 51.1 Å². The number of hydrogen-bond acceptors (Lipinski definition) is 6. The lowest BCUT2D eigenvalue weighted by Gasteiger charge is -2.28. The maximum Gasteiger partial charge on any atom is 0.321 e. The van der Waals surface area contributed by atoms with E-state index in [2.05, 4.69) is 25.6 Å². The lowest BCUT2D eigenvalue weighted by atomic mass is 9.90. The number of benzodiazepines with no additional fused rings is 1. The number of nitrogens with zero attached hydrogens (tertiary/aromatic N) is 4. The van der Waals surface area contributed by atoms with Gasteiger partial charge in [-0.05, 0) is 36.8 Å². The minimum atomic E-state index is -1.29. The van der Waals surface area contributed by atoms with Crippen molar-refractivity contribution >= 4 is 34.8 Å². The van der Waals surface area contributed by atoms with Crippen LogP contribution in [-0.2, 0) is 9.59 Å². The number of rotatable bonds is 5. The van der Waals surface area contributed by atoms with Crippen LogP contribution in [0.25, 0.3) is 0 Å². The molecular formula is C27H28N6O3. The fourth-order valence-corrected chi connectivity index (χ4v) is 3.72. The van der Waals surface area contributed by atoms with Crippen LogP contribution in [0.1, 0.15) is 37.6 Å². The molecule has 2 heterocycles. The van der Waals surface area contributed by atoms with Crippen molar-refractivity contribution in [3.8, 4) is 0 Å². The zero-order chi connectivity index (χ0) is 25.9. The molecule has 36 heavy (non-hydrogen) atoms. The molecule has 2 aromatic carbocycles. The number of carbonyl (C=O) groups is 3. The summed E-state index contributed by atoms with van der Waals surface area (Å²) in [6.45, 7) is 7.16. The first-order chi connectivity index (χ1) is 17.1. The van der Waals surface area contributed by atoms with E-state index in [1.807, 2.05) is 37.3 Å². The number of Topliss-reactive ketones (excluding diaryl/α,β-unsaturated/α-hetero) is 1. The number of fused-ring (bicyclic) bond motifs is 1. The summed E-state index contributed by atoms with van der Waals surface area (Å²) >= 11 is 0. The molecule has 3 aromatic rings. The van der Waals surface area contributed by atoms with Crippen LogP contribution in [0, 0.1) is 12.3 Å². The van der Waals surface area contributed by atoms with Crippen molar-refractivity contribution in [3.63, 3.8) is 0 Å². The van der Waals surface area contributed by atoms with Crippen molar-refractivity contribution in [1.29, 1.82) is 0 Å². The molecule has 4 rings (SSSR count). The number of urea groups is 1. The molecule has 0 aliphatic carbocycles. The molecule has 9 heteroatoms. The van der Waals surface area contributed by atoms with Gasteiger partial charge in [-0.2, -0.15) is 0 Å². The molecule has 1 aliphatic rings. The van der Waals surface area contributed by atoms with Crippen LogP contribution < -0.4 is 15.5 Å². The second-order valence-electron chi connectivity index (χ2n) is 9.56. The van der Waals surface area contributed by atoms with Gasteiger partial charge in [0.15, 0.2) is 5.78 Å². The highest BCUT2D eigenvalue weighted by Crippen LogP contribution is 2.29. The van der Waals surface area contributed by atoms with Gasteiger partial charge >= 0.3 is 6.03 Å². The van der Waals surface area contributed by atoms with E-state index in [0.717, 1.165) is 5.56 Å². The number of aryl methyl sites for hydroxylation is 1. The van der Waals surface area contributed by atoms with Gasteiger partial charge in [0, 0.05) is 22.9 Å². The SMILES string of the molecule is Cc1cccc(NC(=O)NC2N=C(c3ccncn3)c3ccccc3N(CC(=O)C(C)(C)C)C2=O)c1. The molecule has 1 aromatic heterocycles. The molecule has 0 spiro atoms. The van der Waals surface area contributed by atoms with Crippen LogP contribution in [-0.4, -0.2) is 46.1 Å². The average Bonchev–Trinajstić information content (AvgIpc) is 2.94. The van der Waals surface area contributed by atoms with Gasteiger partial charge in [0.2, 0.25) is 6.17 Å². The highest BCUT2D eigenvalue weighted by molar-refractivity contribution is 6.20. The number of hydrogen-bond donors (Lipinski definition) is 2. The predicted octanol–water partition coefficient (Wildman–Crippen LogP) is 3.73. The summed E-state index contributed by atoms with van der Waals surface area (Å²) in [5.41, 5.74) is 2.92. The number of anilines is 2. The summed E-state index contributed by atoms with van der Waals surface area (Å²) in [4.78, 5) is 54.0. The first-order valence-electron chi connectivity index (χ1n) is 11.6. The van der Waals surface area contributed by atoms with Gasteiger partial charge in [0.1, 0.15) is 6.33 Å². The fraction of sp³-hybridized carbons (Fsp3) is 0.259. The average molecular weight is 485 g/mol. The Labute approximate surface area is 209 Å². The van der Waals surface area contributed by atoms with Crippen LogP contribution in [0.15, 0.2) is 72.1 Å². The first kappa shape index (κ1) is 24.7. The molecule has 0 saturated carbocycles. The van der Waals surface area contributed by atoms with Crippen LogP contribution >= 0.6 is 0 Å². The third kappa shape index (κ3) is 5.46. The predicted molar refractivity (Wildman–Crippen MR) is 138 cm³/mol. The standard InChI is InChI=1S/C27H28N6O3/c1-17-8-7-9-18(14-17)30-26(36)32-24-25(35)33(15-22(34)27(2,3)4)21-11-6-5-10-19(21)23(31-24)20-12-13-28-16-29-20/h5-14,16,24H,15H2,1-4H3,(H2,30,32,36). The number of aliphatic imine (C=N–C) groups is 1. The normalized spacial score (nSPS) is 15.4. The maximum atomic E-state index is 13.8. The van der Waals surface area contributed by atoms with Crippen LogP contribution in [0.5, 0.6) is 0 Å². The zero-order valence-corrected chi connectivity index (χ0v) is 20.6. The second kappa shape index (κ2) is 10.1. The highest BCUT2D eigenvalue weighted by atomic mass is 16.2. The Morgan fingerprint density at radius 2 is 1.83 bits per heavy atom. The molecule has 9 nitrogen and oxygen atoms in total. The topological polar surface area (TPSA) is 117 Å². The Hall–Kier alpha value is -4.40. The summed E-state index contributed by atoms with van der Waals surface area (Å²) in [5.74, 6) is -0.650. The molecule has 1 unspecified atom stereocenters. The maximum absolute atomic E-state index is 13.8. The molecule has 0 fully saturated rings. The van der Waals surface area contributed by atoms with E-state index < -0.39 is 23.5 Å². The van der Waals surface area contributed by atoms with Crippen LogP contribution in [0.4, 0.5) is 16.2 Å². The third-order valence-corrected chi connectivity index (χ3v) is 5.71. The number of para-hydroxylation sites is 1. The fourth-order valence-electron chi connectivity index (χ4n) is 3.72. The molecule has 3 amide bonds. The minimum absolute atomic E-state index is 0.126. The Bertz CT molecular complexity index is 1330. The van der Waals surface area contributed by atoms with Crippen molar-refractivity contribution in [2.75, 3.05) is 16.8 Å². The summed E-state index contributed by atoms with van der Waals surface area (Å²) in [6, 6.07) is 15.6. The number of ketones is 1. The Morgan fingerprint density at radius 1 is 1.06 bits per heavy atom. The second-order valence-corrected chi connectivity index (χ2v) is 9.56. The number of aromatic nitrogens is 2. The molecule has 0 bridgehead atoms. The van der Waals surface area contributed by atoms with E-state index in [0.29, 0.717) is 28.3 Å². The Kier molecular flexibility index (Phi) is 6.91.